The highest BCUT2D eigenvalue weighted by Gasteiger charge is 2.16. The Labute approximate surface area is 113 Å². The molecule has 7 heteroatoms. The van der Waals surface area contributed by atoms with E-state index >= 15 is 0 Å². The third kappa shape index (κ3) is 3.34. The lowest BCUT2D eigenvalue weighted by atomic mass is 10.2. The number of hydrogen-bond acceptors (Lipinski definition) is 4. The number of piperazine rings is 1. The number of nitrogens with one attached hydrogen (secondary N) is 1. The summed E-state index contributed by atoms with van der Waals surface area (Å²) in [5.41, 5.74) is 0.471. The number of rotatable bonds is 2. The van der Waals surface area contributed by atoms with E-state index in [9.17, 15) is 12.8 Å². The molecule has 1 heterocycles. The van der Waals surface area contributed by atoms with Crippen LogP contribution in [0, 0.1) is 5.82 Å². The maximum absolute atomic E-state index is 13.8. The lowest BCUT2D eigenvalue weighted by Gasteiger charge is -2.29. The minimum atomic E-state index is -3.34. The van der Waals surface area contributed by atoms with Crippen LogP contribution in [0.4, 0.5) is 10.1 Å². The predicted octanol–water partition coefficient (Wildman–Crippen LogP) is 1.06. The van der Waals surface area contributed by atoms with Crippen LogP contribution in [-0.4, -0.2) is 40.9 Å². The Morgan fingerprint density at radius 2 is 1.89 bits per heavy atom. The molecule has 0 amide bonds. The number of benzene rings is 1. The molecule has 0 saturated carbocycles. The van der Waals surface area contributed by atoms with Gasteiger partial charge in [0, 0.05) is 32.4 Å². The molecule has 0 atom stereocenters. The molecule has 0 spiro atoms. The maximum atomic E-state index is 13.8. The zero-order valence-electron chi connectivity index (χ0n) is 10.0. The molecule has 0 bridgehead atoms. The number of hydrogen-bond donors (Lipinski definition) is 1. The van der Waals surface area contributed by atoms with Crippen LogP contribution in [0.1, 0.15) is 0 Å². The largest absolute Gasteiger partial charge is 0.367 e. The van der Waals surface area contributed by atoms with Crippen LogP contribution in [0.5, 0.6) is 0 Å². The summed E-state index contributed by atoms with van der Waals surface area (Å²) in [5, 5.41) is 3.18. The molecular weight excluding hydrogens is 279 g/mol. The maximum Gasteiger partial charge on any atom is 0.175 e. The first-order valence-electron chi connectivity index (χ1n) is 5.44. The summed E-state index contributed by atoms with van der Waals surface area (Å²) in [6.07, 6.45) is 1.08. The van der Waals surface area contributed by atoms with Crippen LogP contribution < -0.4 is 10.2 Å². The minimum absolute atomic E-state index is 0. The highest BCUT2D eigenvalue weighted by Crippen LogP contribution is 2.22. The first-order valence-corrected chi connectivity index (χ1v) is 7.33. The van der Waals surface area contributed by atoms with Crippen molar-refractivity contribution < 1.29 is 12.8 Å². The molecule has 0 unspecified atom stereocenters. The van der Waals surface area contributed by atoms with Gasteiger partial charge in [-0.15, -0.1) is 12.4 Å². The Balaban J connectivity index is 0.00000162. The Morgan fingerprint density at radius 1 is 1.28 bits per heavy atom. The van der Waals surface area contributed by atoms with Crippen molar-refractivity contribution in [1.82, 2.24) is 5.32 Å². The van der Waals surface area contributed by atoms with Gasteiger partial charge < -0.3 is 10.2 Å². The van der Waals surface area contributed by atoms with E-state index in [1.165, 1.54) is 12.1 Å². The predicted molar refractivity (Wildman–Crippen MR) is 71.8 cm³/mol. The Morgan fingerprint density at radius 3 is 2.39 bits per heavy atom. The highest BCUT2D eigenvalue weighted by atomic mass is 35.5. The van der Waals surface area contributed by atoms with Gasteiger partial charge in [-0.05, 0) is 18.2 Å². The molecule has 102 valence electrons. The van der Waals surface area contributed by atoms with Crippen LogP contribution in [0.25, 0.3) is 0 Å². The van der Waals surface area contributed by atoms with Crippen LogP contribution in [-0.2, 0) is 9.84 Å². The summed E-state index contributed by atoms with van der Waals surface area (Å²) < 4.78 is 36.4. The van der Waals surface area contributed by atoms with Crippen molar-refractivity contribution in [3.8, 4) is 0 Å². The summed E-state index contributed by atoms with van der Waals surface area (Å²) in [6, 6.07) is 4.08. The summed E-state index contributed by atoms with van der Waals surface area (Å²) in [5.74, 6) is -0.477. The summed E-state index contributed by atoms with van der Waals surface area (Å²) in [6.45, 7) is 3.09. The lowest BCUT2D eigenvalue weighted by Crippen LogP contribution is -2.43. The fourth-order valence-corrected chi connectivity index (χ4v) is 2.51. The van der Waals surface area contributed by atoms with E-state index in [0.717, 1.165) is 38.5 Å². The molecule has 1 aliphatic rings. The van der Waals surface area contributed by atoms with Gasteiger partial charge >= 0.3 is 0 Å². The first kappa shape index (κ1) is 15.2. The van der Waals surface area contributed by atoms with Gasteiger partial charge in [-0.1, -0.05) is 0 Å². The monoisotopic (exact) mass is 294 g/mol. The van der Waals surface area contributed by atoms with Crippen molar-refractivity contribution in [2.45, 2.75) is 4.90 Å². The normalized spacial score (nSPS) is 16.2. The fraction of sp³-hybridized carbons (Fsp3) is 0.455. The van der Waals surface area contributed by atoms with Crippen molar-refractivity contribution in [2.24, 2.45) is 0 Å². The van der Waals surface area contributed by atoms with Gasteiger partial charge in [-0.25, -0.2) is 12.8 Å². The van der Waals surface area contributed by atoms with Crippen molar-refractivity contribution in [3.63, 3.8) is 0 Å². The second kappa shape index (κ2) is 5.86. The zero-order chi connectivity index (χ0) is 12.5. The van der Waals surface area contributed by atoms with Gasteiger partial charge in [0.15, 0.2) is 9.84 Å². The molecule has 0 aromatic heterocycles. The van der Waals surface area contributed by atoms with Crippen LogP contribution in [0.2, 0.25) is 0 Å². The minimum Gasteiger partial charge on any atom is -0.367 e. The topological polar surface area (TPSA) is 49.4 Å². The number of anilines is 1. The first-order chi connectivity index (χ1) is 7.98. The zero-order valence-corrected chi connectivity index (χ0v) is 11.7. The molecule has 1 saturated heterocycles. The number of sulfone groups is 1. The van der Waals surface area contributed by atoms with E-state index in [4.69, 9.17) is 0 Å². The van der Waals surface area contributed by atoms with Gasteiger partial charge in [-0.3, -0.25) is 0 Å². The van der Waals surface area contributed by atoms with Gasteiger partial charge in [-0.2, -0.15) is 0 Å². The second-order valence-corrected chi connectivity index (χ2v) is 6.14. The molecule has 2 rings (SSSR count). The average Bonchev–Trinajstić information content (AvgIpc) is 2.29. The molecule has 1 aliphatic heterocycles. The summed E-state index contributed by atoms with van der Waals surface area (Å²) in [4.78, 5) is 1.94. The Bertz CT molecular complexity index is 516. The van der Waals surface area contributed by atoms with Crippen molar-refractivity contribution in [1.29, 1.82) is 0 Å². The van der Waals surface area contributed by atoms with E-state index in [-0.39, 0.29) is 17.3 Å². The smallest absolute Gasteiger partial charge is 0.175 e. The molecule has 0 aliphatic carbocycles. The molecule has 1 N–H and O–H groups in total. The average molecular weight is 295 g/mol. The number of nitrogens with zero attached hydrogens (tertiary/aromatic N) is 1. The SMILES string of the molecule is CS(=O)(=O)c1ccc(N2CCNCC2)c(F)c1.Cl. The van der Waals surface area contributed by atoms with E-state index < -0.39 is 15.7 Å². The van der Waals surface area contributed by atoms with Crippen LogP contribution in [0.15, 0.2) is 23.1 Å². The molecular formula is C11H16ClFN2O2S. The molecule has 4 nitrogen and oxygen atoms in total. The van der Waals surface area contributed by atoms with Gasteiger partial charge in [0.1, 0.15) is 5.82 Å². The van der Waals surface area contributed by atoms with E-state index in [1.807, 2.05) is 4.90 Å². The van der Waals surface area contributed by atoms with Crippen molar-refractivity contribution in [3.05, 3.63) is 24.0 Å². The van der Waals surface area contributed by atoms with Gasteiger partial charge in [0.05, 0.1) is 10.6 Å². The Kier molecular flexibility index (Phi) is 4.95. The van der Waals surface area contributed by atoms with Crippen molar-refractivity contribution in [2.75, 3.05) is 37.3 Å². The highest BCUT2D eigenvalue weighted by molar-refractivity contribution is 7.90. The second-order valence-electron chi connectivity index (χ2n) is 4.12. The molecule has 1 aromatic rings. The van der Waals surface area contributed by atoms with E-state index in [0.29, 0.717) is 5.69 Å². The quantitative estimate of drug-likeness (QED) is 0.886. The third-order valence-corrected chi connectivity index (χ3v) is 3.92. The van der Waals surface area contributed by atoms with Crippen LogP contribution >= 0.6 is 12.4 Å². The van der Waals surface area contributed by atoms with E-state index in [1.54, 1.807) is 0 Å². The van der Waals surface area contributed by atoms with Crippen LogP contribution in [0.3, 0.4) is 0 Å². The molecule has 18 heavy (non-hydrogen) atoms. The third-order valence-electron chi connectivity index (χ3n) is 2.80. The summed E-state index contributed by atoms with van der Waals surface area (Å²) in [7, 11) is -3.34. The van der Waals surface area contributed by atoms with Gasteiger partial charge in [0.25, 0.3) is 0 Å². The summed E-state index contributed by atoms with van der Waals surface area (Å²) >= 11 is 0. The van der Waals surface area contributed by atoms with E-state index in [2.05, 4.69) is 5.32 Å². The molecule has 1 fully saturated rings. The number of halogens is 2. The molecule has 0 radical (unpaired) electrons. The van der Waals surface area contributed by atoms with Gasteiger partial charge in [0.2, 0.25) is 0 Å². The Hall–Kier alpha value is -0.850. The van der Waals surface area contributed by atoms with Crippen molar-refractivity contribution >= 4 is 27.9 Å². The standard InChI is InChI=1S/C11H15FN2O2S.ClH/c1-17(15,16)9-2-3-11(10(12)8-9)14-6-4-13-5-7-14;/h2-3,8,13H,4-7H2,1H3;1H. The molecule has 1 aromatic carbocycles. The lowest BCUT2D eigenvalue weighted by molar-refractivity contribution is 0.563. The fourth-order valence-electron chi connectivity index (χ4n) is 1.88.